The second kappa shape index (κ2) is 5.51. The lowest BCUT2D eigenvalue weighted by Gasteiger charge is -2.00. The minimum Gasteiger partial charge on any atom is -0.387 e. The highest BCUT2D eigenvalue weighted by Gasteiger charge is 2.13. The van der Waals surface area contributed by atoms with Gasteiger partial charge in [0.05, 0.1) is 12.3 Å². The van der Waals surface area contributed by atoms with Gasteiger partial charge < -0.3 is 9.63 Å². The van der Waals surface area contributed by atoms with Crippen molar-refractivity contribution in [3.05, 3.63) is 34.6 Å². The second-order valence-electron chi connectivity index (χ2n) is 4.29. The molecule has 0 saturated carbocycles. The van der Waals surface area contributed by atoms with Gasteiger partial charge in [0.15, 0.2) is 0 Å². The Hall–Kier alpha value is -2.06. The first-order valence-electron chi connectivity index (χ1n) is 6.19. The van der Waals surface area contributed by atoms with Gasteiger partial charge in [-0.3, -0.25) is 0 Å². The van der Waals surface area contributed by atoms with E-state index >= 15 is 0 Å². The molecule has 104 valence electrons. The highest BCUT2D eigenvalue weighted by Crippen LogP contribution is 2.19. The maximum atomic E-state index is 9.67. The summed E-state index contributed by atoms with van der Waals surface area (Å²) >= 11 is 1.58. The lowest BCUT2D eigenvalue weighted by Crippen LogP contribution is -2.00. The number of aliphatic hydroxyl groups excluding tert-OH is 1. The highest BCUT2D eigenvalue weighted by atomic mass is 32.1. The van der Waals surface area contributed by atoms with Gasteiger partial charge in [-0.15, -0.1) is 5.10 Å². The largest absolute Gasteiger partial charge is 0.387 e. The predicted molar refractivity (Wildman–Crippen MR) is 72.0 cm³/mol. The smallest absolute Gasteiger partial charge is 0.248 e. The van der Waals surface area contributed by atoms with E-state index in [1.807, 2.05) is 23.8 Å². The maximum absolute atomic E-state index is 9.67. The van der Waals surface area contributed by atoms with Crippen LogP contribution in [0.1, 0.15) is 31.0 Å². The zero-order valence-corrected chi connectivity index (χ0v) is 11.6. The lowest BCUT2D eigenvalue weighted by atomic mass is 10.2. The van der Waals surface area contributed by atoms with E-state index in [1.165, 1.54) is 0 Å². The summed E-state index contributed by atoms with van der Waals surface area (Å²) in [6.07, 6.45) is 1.69. The maximum Gasteiger partial charge on any atom is 0.248 e. The third-order valence-corrected chi connectivity index (χ3v) is 3.51. The van der Waals surface area contributed by atoms with E-state index < -0.39 is 6.10 Å². The second-order valence-corrected chi connectivity index (χ2v) is 5.07. The van der Waals surface area contributed by atoms with Gasteiger partial charge in [-0.05, 0) is 17.9 Å². The molecule has 0 bridgehead atoms. The Balaban J connectivity index is 1.73. The molecule has 0 fully saturated rings. The van der Waals surface area contributed by atoms with Crippen LogP contribution in [0.3, 0.4) is 0 Å². The molecule has 0 aliphatic carbocycles. The Bertz CT molecular complexity index is 676. The predicted octanol–water partition coefficient (Wildman–Crippen LogP) is 1.88. The lowest BCUT2D eigenvalue weighted by molar-refractivity contribution is 0.168. The van der Waals surface area contributed by atoms with Crippen LogP contribution in [-0.4, -0.2) is 30.2 Å². The summed E-state index contributed by atoms with van der Waals surface area (Å²) in [5, 5.41) is 25.4. The molecule has 1 N–H and O–H groups in total. The van der Waals surface area contributed by atoms with Gasteiger partial charge in [0.2, 0.25) is 11.7 Å². The van der Waals surface area contributed by atoms with Crippen LogP contribution >= 0.6 is 11.3 Å². The number of hydrogen-bond donors (Lipinski definition) is 1. The van der Waals surface area contributed by atoms with Crippen LogP contribution in [0, 0.1) is 0 Å². The van der Waals surface area contributed by atoms with Crippen molar-refractivity contribution in [3.63, 3.8) is 0 Å². The highest BCUT2D eigenvalue weighted by molar-refractivity contribution is 7.08. The van der Waals surface area contributed by atoms with E-state index in [9.17, 15) is 5.11 Å². The van der Waals surface area contributed by atoms with Crippen LogP contribution < -0.4 is 0 Å². The Labute approximate surface area is 118 Å². The minimum absolute atomic E-state index is 0.334. The quantitative estimate of drug-likeness (QED) is 0.772. The molecule has 1 unspecified atom stereocenters. The first kappa shape index (κ1) is 12.9. The van der Waals surface area contributed by atoms with Crippen LogP contribution in [-0.2, 0) is 6.54 Å². The Morgan fingerprint density at radius 2 is 2.40 bits per heavy atom. The average Bonchev–Trinajstić information content (AvgIpc) is 3.19. The van der Waals surface area contributed by atoms with E-state index in [4.69, 9.17) is 4.52 Å². The molecule has 3 heterocycles. The molecule has 3 aromatic heterocycles. The van der Waals surface area contributed by atoms with Gasteiger partial charge in [-0.25, -0.2) is 4.68 Å². The van der Waals surface area contributed by atoms with E-state index in [0.29, 0.717) is 30.4 Å². The monoisotopic (exact) mass is 291 g/mol. The summed E-state index contributed by atoms with van der Waals surface area (Å²) in [6, 6.07) is 1.93. The molecule has 0 amide bonds. The Kier molecular flexibility index (Phi) is 3.57. The van der Waals surface area contributed by atoms with Crippen molar-refractivity contribution in [2.24, 2.45) is 0 Å². The van der Waals surface area contributed by atoms with Crippen molar-refractivity contribution < 1.29 is 9.63 Å². The summed E-state index contributed by atoms with van der Waals surface area (Å²) in [4.78, 5) is 4.30. The number of aliphatic hydroxyl groups is 1. The van der Waals surface area contributed by atoms with E-state index in [0.717, 1.165) is 5.56 Å². The van der Waals surface area contributed by atoms with Gasteiger partial charge in [0.25, 0.3) is 0 Å². The van der Waals surface area contributed by atoms with Crippen LogP contribution in [0.15, 0.2) is 27.5 Å². The van der Waals surface area contributed by atoms with Crippen LogP contribution in [0.25, 0.3) is 11.4 Å². The number of thiophene rings is 1. The molecular formula is C12H13N5O2S. The summed E-state index contributed by atoms with van der Waals surface area (Å²) in [5.74, 6) is 1.02. The fourth-order valence-electron chi connectivity index (χ4n) is 1.72. The summed E-state index contributed by atoms with van der Waals surface area (Å²) < 4.78 is 6.75. The molecule has 8 heteroatoms. The normalized spacial score (nSPS) is 12.7. The summed E-state index contributed by atoms with van der Waals surface area (Å²) in [7, 11) is 0. The number of nitrogens with zero attached hydrogens (tertiary/aromatic N) is 5. The Morgan fingerprint density at radius 3 is 3.15 bits per heavy atom. The number of aromatic nitrogens is 5. The van der Waals surface area contributed by atoms with Gasteiger partial charge in [-0.2, -0.15) is 16.3 Å². The molecule has 3 rings (SSSR count). The summed E-state index contributed by atoms with van der Waals surface area (Å²) in [5.41, 5.74) is 1.48. The van der Waals surface area contributed by atoms with Crippen molar-refractivity contribution in [3.8, 4) is 11.4 Å². The minimum atomic E-state index is -0.590. The Morgan fingerprint density at radius 1 is 1.50 bits per heavy atom. The molecule has 1 atom stereocenters. The fourth-order valence-corrected chi connectivity index (χ4v) is 2.35. The third-order valence-electron chi connectivity index (χ3n) is 2.83. The molecule has 0 aliphatic rings. The molecule has 7 nitrogen and oxygen atoms in total. The molecule has 0 radical (unpaired) electrons. The van der Waals surface area contributed by atoms with E-state index in [2.05, 4.69) is 20.5 Å². The molecular weight excluding hydrogens is 278 g/mol. The molecule has 20 heavy (non-hydrogen) atoms. The molecule has 0 aromatic carbocycles. The molecule has 0 spiro atoms. The van der Waals surface area contributed by atoms with Gasteiger partial charge in [0, 0.05) is 10.9 Å². The first-order chi connectivity index (χ1) is 9.76. The molecule has 0 saturated heterocycles. The van der Waals surface area contributed by atoms with Crippen molar-refractivity contribution in [2.75, 3.05) is 0 Å². The fraction of sp³-hybridized carbons (Fsp3) is 0.333. The van der Waals surface area contributed by atoms with Crippen molar-refractivity contribution in [2.45, 2.75) is 26.0 Å². The summed E-state index contributed by atoms with van der Waals surface area (Å²) in [6.45, 7) is 2.22. The number of hydrogen-bond acceptors (Lipinski definition) is 7. The van der Waals surface area contributed by atoms with Crippen LogP contribution in [0.5, 0.6) is 0 Å². The third kappa shape index (κ3) is 2.61. The van der Waals surface area contributed by atoms with Gasteiger partial charge in [0.1, 0.15) is 12.2 Å². The van der Waals surface area contributed by atoms with Crippen molar-refractivity contribution in [1.82, 2.24) is 25.1 Å². The average molecular weight is 291 g/mol. The van der Waals surface area contributed by atoms with Crippen molar-refractivity contribution >= 4 is 11.3 Å². The zero-order chi connectivity index (χ0) is 13.9. The van der Waals surface area contributed by atoms with Crippen LogP contribution in [0.4, 0.5) is 0 Å². The van der Waals surface area contributed by atoms with E-state index in [-0.39, 0.29) is 0 Å². The number of rotatable bonds is 5. The molecule has 0 aliphatic heterocycles. The molecule has 3 aromatic rings. The van der Waals surface area contributed by atoms with E-state index in [1.54, 1.807) is 22.2 Å². The van der Waals surface area contributed by atoms with Crippen molar-refractivity contribution in [1.29, 1.82) is 0 Å². The van der Waals surface area contributed by atoms with Crippen LogP contribution in [0.2, 0.25) is 0 Å². The zero-order valence-electron chi connectivity index (χ0n) is 10.8. The van der Waals surface area contributed by atoms with Gasteiger partial charge >= 0.3 is 0 Å². The SMILES string of the molecule is CCC(O)c1cn(Cc2nc(-c3ccsc3)no2)nn1. The first-order valence-corrected chi connectivity index (χ1v) is 7.13. The van der Waals surface area contributed by atoms with Gasteiger partial charge in [-0.1, -0.05) is 17.3 Å². The topological polar surface area (TPSA) is 89.9 Å². The standard InChI is InChI=1S/C12H13N5O2S/c1-2-10(18)9-5-17(16-14-9)6-11-13-12(15-19-11)8-3-4-20-7-8/h3-5,7,10,18H,2,6H2,1H3.